The van der Waals surface area contributed by atoms with Crippen molar-refractivity contribution in [2.24, 2.45) is 0 Å². The van der Waals surface area contributed by atoms with Crippen molar-refractivity contribution in [2.75, 3.05) is 13.1 Å². The normalized spacial score (nSPS) is 14.5. The van der Waals surface area contributed by atoms with Crippen molar-refractivity contribution >= 4 is 11.6 Å². The van der Waals surface area contributed by atoms with Gasteiger partial charge in [-0.2, -0.15) is 17.6 Å². The third-order valence-electron chi connectivity index (χ3n) is 5.74. The Balaban J connectivity index is 1.36. The fourth-order valence-electron chi connectivity index (χ4n) is 3.88. The number of ether oxygens (including phenoxy) is 1. The van der Waals surface area contributed by atoms with Gasteiger partial charge in [-0.1, -0.05) is 12.1 Å². The Morgan fingerprint density at radius 1 is 1.03 bits per heavy atom. The molecule has 0 spiro atoms. The standard InChI is InChI=1S/C23H17F5N4O4/c24-17-11-15(12-18(21(17)25)32(34)35)22(33)31-9-7-14(8-10-31)13-1-3-16(4-2-13)36-20-6-5-19(29-30-20)23(26,27)28/h1-6,11-12,14H,7-10H2. The van der Waals surface area contributed by atoms with Gasteiger partial charge in [0.2, 0.25) is 11.7 Å². The number of piperidine rings is 1. The summed E-state index contributed by atoms with van der Waals surface area (Å²) in [5, 5.41) is 17.4. The molecule has 1 fully saturated rings. The Hall–Kier alpha value is -4.16. The summed E-state index contributed by atoms with van der Waals surface area (Å²) in [7, 11) is 0. The summed E-state index contributed by atoms with van der Waals surface area (Å²) in [4.78, 5) is 24.0. The quantitative estimate of drug-likeness (QED) is 0.257. The molecule has 188 valence electrons. The number of amides is 1. The van der Waals surface area contributed by atoms with Crippen molar-refractivity contribution < 1.29 is 36.4 Å². The first kappa shape index (κ1) is 24.9. The third-order valence-corrected chi connectivity index (χ3v) is 5.74. The van der Waals surface area contributed by atoms with E-state index in [1.807, 2.05) is 0 Å². The number of alkyl halides is 3. The number of nitro groups is 1. The van der Waals surface area contributed by atoms with Crippen LogP contribution < -0.4 is 4.74 Å². The van der Waals surface area contributed by atoms with Crippen molar-refractivity contribution in [3.63, 3.8) is 0 Å². The van der Waals surface area contributed by atoms with Crippen molar-refractivity contribution in [2.45, 2.75) is 24.9 Å². The second-order valence-corrected chi connectivity index (χ2v) is 8.04. The zero-order valence-corrected chi connectivity index (χ0v) is 18.3. The SMILES string of the molecule is O=C(c1cc(F)c(F)c([N+](=O)[O-])c1)N1CCC(c2ccc(Oc3ccc(C(F)(F)F)nn3)cc2)CC1. The van der Waals surface area contributed by atoms with Crippen LogP contribution in [0.15, 0.2) is 48.5 Å². The molecule has 36 heavy (non-hydrogen) atoms. The second-order valence-electron chi connectivity index (χ2n) is 8.04. The summed E-state index contributed by atoms with van der Waals surface area (Å²) in [6, 6.07) is 10.0. The number of rotatable bonds is 5. The molecular formula is C23H17F5N4O4. The minimum Gasteiger partial charge on any atom is -0.438 e. The highest BCUT2D eigenvalue weighted by Crippen LogP contribution is 2.32. The van der Waals surface area contributed by atoms with Gasteiger partial charge in [-0.05, 0) is 48.6 Å². The molecule has 4 rings (SSSR count). The van der Waals surface area contributed by atoms with Crippen LogP contribution in [0.5, 0.6) is 11.6 Å². The predicted octanol–water partition coefficient (Wildman–Crippen LogP) is 5.49. The molecule has 0 saturated carbocycles. The highest BCUT2D eigenvalue weighted by molar-refractivity contribution is 5.95. The van der Waals surface area contributed by atoms with Gasteiger partial charge in [0.15, 0.2) is 11.5 Å². The highest BCUT2D eigenvalue weighted by Gasteiger charge is 2.33. The second kappa shape index (κ2) is 9.84. The Labute approximate surface area is 200 Å². The first-order valence-electron chi connectivity index (χ1n) is 10.6. The lowest BCUT2D eigenvalue weighted by Crippen LogP contribution is -2.38. The fraction of sp³-hybridized carbons (Fsp3) is 0.261. The zero-order chi connectivity index (χ0) is 26.0. The summed E-state index contributed by atoms with van der Waals surface area (Å²) >= 11 is 0. The summed E-state index contributed by atoms with van der Waals surface area (Å²) in [6.45, 7) is 0.603. The van der Waals surface area contributed by atoms with E-state index in [4.69, 9.17) is 4.74 Å². The number of aromatic nitrogens is 2. The lowest BCUT2D eigenvalue weighted by Gasteiger charge is -2.32. The number of likely N-dealkylation sites (tertiary alicyclic amines) is 1. The molecule has 0 unspecified atom stereocenters. The zero-order valence-electron chi connectivity index (χ0n) is 18.3. The van der Waals surface area contributed by atoms with Crippen LogP contribution in [0, 0.1) is 21.7 Å². The number of carbonyl (C=O) groups excluding carboxylic acids is 1. The van der Waals surface area contributed by atoms with E-state index in [0.717, 1.165) is 23.8 Å². The Morgan fingerprint density at radius 3 is 2.25 bits per heavy atom. The molecule has 2 aromatic carbocycles. The summed E-state index contributed by atoms with van der Waals surface area (Å²) in [5.74, 6) is -3.38. The maximum absolute atomic E-state index is 13.7. The number of hydrogen-bond donors (Lipinski definition) is 0. The molecule has 13 heteroatoms. The van der Waals surface area contributed by atoms with E-state index in [9.17, 15) is 36.9 Å². The molecule has 1 saturated heterocycles. The predicted molar refractivity (Wildman–Crippen MR) is 114 cm³/mol. The van der Waals surface area contributed by atoms with Crippen LogP contribution in [0.25, 0.3) is 0 Å². The molecule has 0 N–H and O–H groups in total. The van der Waals surface area contributed by atoms with Crippen LogP contribution in [0.3, 0.4) is 0 Å². The maximum Gasteiger partial charge on any atom is 0.435 e. The van der Waals surface area contributed by atoms with Gasteiger partial charge in [0.25, 0.3) is 5.91 Å². The number of halogens is 5. The molecule has 1 amide bonds. The molecule has 1 aliphatic rings. The van der Waals surface area contributed by atoms with E-state index in [2.05, 4.69) is 10.2 Å². The van der Waals surface area contributed by atoms with Gasteiger partial charge in [-0.15, -0.1) is 10.2 Å². The van der Waals surface area contributed by atoms with Gasteiger partial charge in [-0.25, -0.2) is 4.39 Å². The highest BCUT2D eigenvalue weighted by atomic mass is 19.4. The smallest absolute Gasteiger partial charge is 0.435 e. The first-order valence-corrected chi connectivity index (χ1v) is 10.6. The van der Waals surface area contributed by atoms with Gasteiger partial charge < -0.3 is 9.64 Å². The third kappa shape index (κ3) is 5.39. The molecule has 2 heterocycles. The topological polar surface area (TPSA) is 98.5 Å². The molecule has 0 aliphatic carbocycles. The summed E-state index contributed by atoms with van der Waals surface area (Å²) in [5.41, 5.74) is -1.58. The van der Waals surface area contributed by atoms with E-state index in [1.165, 1.54) is 4.90 Å². The van der Waals surface area contributed by atoms with E-state index in [0.29, 0.717) is 37.7 Å². The molecule has 3 aromatic rings. The van der Waals surface area contributed by atoms with Crippen LogP contribution in [0.2, 0.25) is 0 Å². The number of nitrogens with zero attached hydrogens (tertiary/aromatic N) is 4. The largest absolute Gasteiger partial charge is 0.438 e. The van der Waals surface area contributed by atoms with Gasteiger partial charge in [0, 0.05) is 30.8 Å². The lowest BCUT2D eigenvalue weighted by atomic mass is 9.89. The molecule has 0 bridgehead atoms. The van der Waals surface area contributed by atoms with E-state index in [-0.39, 0.29) is 17.4 Å². The van der Waals surface area contributed by atoms with Crippen LogP contribution in [0.4, 0.5) is 27.6 Å². The van der Waals surface area contributed by atoms with Crippen molar-refractivity contribution in [1.82, 2.24) is 15.1 Å². The molecule has 8 nitrogen and oxygen atoms in total. The molecular weight excluding hydrogens is 491 g/mol. The van der Waals surface area contributed by atoms with Gasteiger partial charge in [0.1, 0.15) is 5.75 Å². The maximum atomic E-state index is 13.7. The average molecular weight is 508 g/mol. The van der Waals surface area contributed by atoms with Crippen molar-refractivity contribution in [3.8, 4) is 11.6 Å². The molecule has 1 aliphatic heterocycles. The monoisotopic (exact) mass is 508 g/mol. The van der Waals surface area contributed by atoms with E-state index in [1.54, 1.807) is 24.3 Å². The Kier molecular flexibility index (Phi) is 6.82. The fourth-order valence-corrected chi connectivity index (χ4v) is 3.88. The Morgan fingerprint density at radius 2 is 1.69 bits per heavy atom. The molecule has 0 radical (unpaired) electrons. The Bertz CT molecular complexity index is 1280. The van der Waals surface area contributed by atoms with Crippen LogP contribution in [-0.2, 0) is 6.18 Å². The lowest BCUT2D eigenvalue weighted by molar-refractivity contribution is -0.387. The van der Waals surface area contributed by atoms with Crippen LogP contribution in [0.1, 0.15) is 40.4 Å². The minimum atomic E-state index is -4.60. The van der Waals surface area contributed by atoms with E-state index < -0.39 is 40.0 Å². The summed E-state index contributed by atoms with van der Waals surface area (Å²) < 4.78 is 70.5. The van der Waals surface area contributed by atoms with Gasteiger partial charge >= 0.3 is 11.9 Å². The van der Waals surface area contributed by atoms with Gasteiger partial charge in [0.05, 0.1) is 4.92 Å². The van der Waals surface area contributed by atoms with E-state index >= 15 is 0 Å². The molecule has 0 atom stereocenters. The average Bonchev–Trinajstić information content (AvgIpc) is 2.85. The van der Waals surface area contributed by atoms with Crippen LogP contribution >= 0.6 is 0 Å². The number of hydrogen-bond acceptors (Lipinski definition) is 6. The number of nitro benzene ring substituents is 1. The first-order chi connectivity index (χ1) is 17.0. The summed E-state index contributed by atoms with van der Waals surface area (Å²) in [6.07, 6.45) is -3.48. The van der Waals surface area contributed by atoms with Crippen molar-refractivity contribution in [1.29, 1.82) is 0 Å². The van der Waals surface area contributed by atoms with Crippen LogP contribution in [-0.4, -0.2) is 39.0 Å². The number of benzene rings is 2. The minimum absolute atomic E-state index is 0.0771. The van der Waals surface area contributed by atoms with Crippen molar-refractivity contribution in [3.05, 3.63) is 87.1 Å². The van der Waals surface area contributed by atoms with Gasteiger partial charge in [-0.3, -0.25) is 14.9 Å². The number of carbonyl (C=O) groups is 1. The molecule has 1 aromatic heterocycles.